The van der Waals surface area contributed by atoms with Crippen LogP contribution in [0.3, 0.4) is 0 Å². The Kier molecular flexibility index (Phi) is 40.0. The maximum Gasteiger partial charge on any atom is 0.407 e. The van der Waals surface area contributed by atoms with Crippen LogP contribution in [0.5, 0.6) is 0 Å². The first-order valence-corrected chi connectivity index (χ1v) is 48.7. The fourth-order valence-corrected chi connectivity index (χ4v) is 20.1. The SMILES string of the molecule is CO[C@H]1C[C@@H]2CC[C@@H](C)[C@@](O)(O2)C(=O)C(=O)N2CCCC[C@H]2C(=O)O[C@H]([C@H](C)C[C@@H]2CC[C@@H](OC(=O)NCCOCCOCCOCCOCCOCCOCCC(=O)N3CCC(N4CCC(C(=O)N5CCc6cc(Cn7nc(-c8ccc9oc(N)nc9c8)c8c(N)ncnc87)ccc6C5)CC4)CC3)[C@H](OC)C2)C[C@@H](O)[C@H](C)/C=C(\C)[C@@H](O)[C@@H](OC)C(=O)[C@H](C)C[C@H](C)/C=C/C=C/C=C/1C. The number of oxazole rings is 1. The molecule has 5 fully saturated rings. The number of hydrogen-bond acceptors (Lipinski definition) is 30. The van der Waals surface area contributed by atoms with Gasteiger partial charge in [0.05, 0.1) is 122 Å². The molecule has 3 aromatic heterocycles. The number of piperidine rings is 3. The lowest BCUT2D eigenvalue weighted by Gasteiger charge is -2.43. The van der Waals surface area contributed by atoms with Crippen LogP contribution in [-0.4, -0.2) is 314 Å². The van der Waals surface area contributed by atoms with Crippen molar-refractivity contribution in [3.8, 4) is 11.3 Å². The molecule has 6 aliphatic heterocycles. The van der Waals surface area contributed by atoms with E-state index in [4.69, 9.17) is 77.8 Å². The van der Waals surface area contributed by atoms with Crippen LogP contribution < -0.4 is 16.8 Å². The van der Waals surface area contributed by atoms with Gasteiger partial charge in [0.2, 0.25) is 17.6 Å². The number of alkyl carbamates (subject to hydrolysis) is 1. The molecule has 0 radical (unpaired) electrons. The number of nitrogens with zero attached hydrogens (tertiary/aromatic N) is 9. The minimum absolute atomic E-state index is 0.00289. The molecule has 135 heavy (non-hydrogen) atoms. The summed E-state index contributed by atoms with van der Waals surface area (Å²) in [5, 5.41) is 44.3. The molecule has 1 saturated carbocycles. The van der Waals surface area contributed by atoms with Crippen LogP contribution >= 0.6 is 0 Å². The highest BCUT2D eigenvalue weighted by atomic mass is 16.6. The number of ether oxygens (including phenoxy) is 12. The standard InChI is InChI=1S/C100H146N12O23/c1-63-16-12-11-13-17-64(2)83(123-8)58-77-24-19-69(7)100(122,135-77)92(117)96(119)111-34-15-14-18-79(111)97(120)132-84(59-80(113)65(3)53-68(6)90(116)91(125-10)89(115)67(5)52-63)66(4)54-70-21-25-82(85(56-70)124-9)134-99(121)103-33-41-127-43-45-129-47-49-131-51-50-130-48-46-128-44-42-126-40-32-86(114)109-38-30-76(31-39-109)108-35-27-72(28-36-108)95(118)110-37-29-73-55-71(20-22-75(73)61-110)60-112-94-87(93(101)104-62-105-94)88(107-112)74-23-26-81-78(57-74)106-98(102)133-81/h11-13,16-17,20,22-23,26,53,55,57,62-63,65-67,69-70,72,76-77,79-80,82-85,90-91,113,116,122H,14-15,18-19,21,24-25,27-52,54,56,58-61H2,1-10H3,(H2,102,106)(H,103,121)(H2,101,104,105)/b13-11+,16-12+,64-17+,68-53+/t63-,65-,66-,67-,69-,70+,77+,79+,80-,82-,83+,84+,85-,90-,91+,100-/m1/s1. The summed E-state index contributed by atoms with van der Waals surface area (Å²) in [4.78, 5) is 119. The van der Waals surface area contributed by atoms with Crippen molar-refractivity contribution in [2.75, 3.05) is 158 Å². The number of cyclic esters (lactones) is 1. The summed E-state index contributed by atoms with van der Waals surface area (Å²) in [7, 11) is 4.52. The van der Waals surface area contributed by atoms with Gasteiger partial charge in [0.25, 0.3) is 17.7 Å². The average molecular weight is 1880 g/mol. The maximum absolute atomic E-state index is 14.8. The number of nitrogen functional groups attached to an aromatic ring is 2. The van der Waals surface area contributed by atoms with Gasteiger partial charge in [0.15, 0.2) is 17.0 Å². The molecule has 2 bridgehead atoms. The Balaban J connectivity index is 0.482. The number of Topliss-reactive ketones (excluding diaryl/α,β-unsaturated/α-hetero) is 2. The van der Waals surface area contributed by atoms with Crippen molar-refractivity contribution in [1.82, 2.24) is 49.6 Å². The molecule has 8 N–H and O–H groups in total. The molecular formula is C100H146N12O23. The number of rotatable bonds is 33. The lowest BCUT2D eigenvalue weighted by atomic mass is 9.78. The number of aromatic nitrogens is 5. The Bertz CT molecular complexity index is 4830. The number of hydrogen-bond donors (Lipinski definition) is 6. The van der Waals surface area contributed by atoms with Gasteiger partial charge in [-0.15, -0.1) is 0 Å². The van der Waals surface area contributed by atoms with Crippen molar-refractivity contribution in [3.05, 3.63) is 107 Å². The third kappa shape index (κ3) is 28.8. The van der Waals surface area contributed by atoms with Crippen LogP contribution in [0.4, 0.5) is 16.6 Å². The van der Waals surface area contributed by atoms with Gasteiger partial charge in [0.1, 0.15) is 53.8 Å². The first-order chi connectivity index (χ1) is 65.1. The number of benzene rings is 2. The number of fused-ring (bicyclic) bond motifs is 6. The lowest BCUT2D eigenvalue weighted by Crippen LogP contribution is -2.61. The molecule has 744 valence electrons. The molecule has 16 atom stereocenters. The van der Waals surface area contributed by atoms with Gasteiger partial charge in [-0.05, 0) is 187 Å². The summed E-state index contributed by atoms with van der Waals surface area (Å²) in [6.45, 7) is 22.1. The topological polar surface area (TPSA) is 438 Å². The second-order valence-electron chi connectivity index (χ2n) is 37.8. The zero-order valence-electron chi connectivity index (χ0n) is 80.6. The molecule has 2 aromatic carbocycles. The Labute approximate surface area is 792 Å². The van der Waals surface area contributed by atoms with Crippen molar-refractivity contribution < 1.29 is 110 Å². The Morgan fingerprint density at radius 1 is 0.689 bits per heavy atom. The minimum Gasteiger partial charge on any atom is -0.460 e. The summed E-state index contributed by atoms with van der Waals surface area (Å²) < 4.78 is 77.5. The first-order valence-electron chi connectivity index (χ1n) is 48.7. The van der Waals surface area contributed by atoms with Gasteiger partial charge in [-0.1, -0.05) is 89.3 Å². The van der Waals surface area contributed by atoms with E-state index in [2.05, 4.69) is 43.4 Å². The Morgan fingerprint density at radius 3 is 2.09 bits per heavy atom. The predicted octanol–water partition coefficient (Wildman–Crippen LogP) is 9.64. The number of aliphatic hydroxyl groups is 3. The van der Waals surface area contributed by atoms with E-state index in [1.165, 1.54) is 23.9 Å². The molecule has 12 rings (SSSR count). The molecule has 4 amide bonds. The number of allylic oxidation sites excluding steroid dienone is 5. The number of esters is 1. The highest BCUT2D eigenvalue weighted by molar-refractivity contribution is 6.39. The number of methoxy groups -OCH3 is 3. The lowest BCUT2D eigenvalue weighted by molar-refractivity contribution is -0.265. The molecule has 0 spiro atoms. The molecule has 5 aromatic rings. The van der Waals surface area contributed by atoms with Gasteiger partial charge >= 0.3 is 12.1 Å². The normalized spacial score (nSPS) is 28.4. The van der Waals surface area contributed by atoms with E-state index < -0.39 is 102 Å². The third-order valence-electron chi connectivity index (χ3n) is 28.1. The van der Waals surface area contributed by atoms with Gasteiger partial charge in [-0.25, -0.2) is 24.2 Å². The van der Waals surface area contributed by atoms with Crippen molar-refractivity contribution in [2.45, 2.75) is 244 Å². The summed E-state index contributed by atoms with van der Waals surface area (Å²) in [5.41, 5.74) is 20.2. The summed E-state index contributed by atoms with van der Waals surface area (Å²) >= 11 is 0. The van der Waals surface area contributed by atoms with Gasteiger partial charge in [-0.3, -0.25) is 24.0 Å². The van der Waals surface area contributed by atoms with Crippen LogP contribution in [0, 0.1) is 41.4 Å². The summed E-state index contributed by atoms with van der Waals surface area (Å²) in [5.74, 6) is -7.26. The van der Waals surface area contributed by atoms with Crippen LogP contribution in [0.1, 0.15) is 174 Å². The van der Waals surface area contributed by atoms with E-state index in [1.54, 1.807) is 41.1 Å². The van der Waals surface area contributed by atoms with Gasteiger partial charge in [0, 0.05) is 109 Å². The number of aliphatic hydroxyl groups excluding tert-OH is 2. The highest BCUT2D eigenvalue weighted by Gasteiger charge is 2.54. The Hall–Kier alpha value is -9.05. The van der Waals surface area contributed by atoms with Crippen molar-refractivity contribution in [1.29, 1.82) is 0 Å². The molecule has 9 heterocycles. The zero-order chi connectivity index (χ0) is 96.2. The fraction of sp³-hybridized carbons (Fsp3) is 0.670. The van der Waals surface area contributed by atoms with E-state index in [0.717, 1.165) is 67.5 Å². The second kappa shape index (κ2) is 51.6. The molecule has 35 nitrogen and oxygen atoms in total. The number of ketones is 2. The number of anilines is 2. The molecular weight excluding hydrogens is 1740 g/mol. The number of nitrogens with one attached hydrogen (secondary N) is 1. The largest absolute Gasteiger partial charge is 0.460 e. The van der Waals surface area contributed by atoms with Gasteiger partial charge in [-0.2, -0.15) is 10.1 Å². The summed E-state index contributed by atoms with van der Waals surface area (Å²) in [6, 6.07) is 11.3. The summed E-state index contributed by atoms with van der Waals surface area (Å²) in [6.07, 6.45) is 14.9. The van der Waals surface area contributed by atoms with E-state index >= 15 is 0 Å². The van der Waals surface area contributed by atoms with Crippen LogP contribution in [0.15, 0.2) is 94.7 Å². The first kappa shape index (κ1) is 105. The number of nitrogens with two attached hydrogens (primary N) is 2. The van der Waals surface area contributed by atoms with Crippen molar-refractivity contribution >= 4 is 75.3 Å². The highest BCUT2D eigenvalue weighted by Crippen LogP contribution is 2.41. The number of carbonyl (C=O) groups excluding carboxylic acids is 7. The van der Waals surface area contributed by atoms with E-state index in [9.17, 15) is 48.9 Å². The molecule has 7 aliphatic rings. The second-order valence-corrected chi connectivity index (χ2v) is 37.8. The quantitative estimate of drug-likeness (QED) is 0.00984. The van der Waals surface area contributed by atoms with E-state index in [-0.39, 0.29) is 86.2 Å². The van der Waals surface area contributed by atoms with E-state index in [0.29, 0.717) is 215 Å². The smallest absolute Gasteiger partial charge is 0.407 e. The molecule has 1 aliphatic carbocycles. The number of carbonyl (C=O) groups is 7. The number of amides is 4. The average Bonchev–Trinajstić information content (AvgIpc) is 1.44. The number of likely N-dealkylation sites (tertiary alicyclic amines) is 2. The van der Waals surface area contributed by atoms with Crippen molar-refractivity contribution in [2.24, 2.45) is 41.4 Å². The van der Waals surface area contributed by atoms with E-state index in [1.807, 2.05) is 90.8 Å². The third-order valence-corrected chi connectivity index (χ3v) is 28.1. The van der Waals surface area contributed by atoms with Crippen LogP contribution in [0.2, 0.25) is 0 Å². The van der Waals surface area contributed by atoms with Crippen molar-refractivity contribution in [3.63, 3.8) is 0 Å². The molecule has 0 unspecified atom stereocenters. The molecule has 35 heteroatoms. The predicted molar refractivity (Wildman–Crippen MR) is 504 cm³/mol. The monoisotopic (exact) mass is 1880 g/mol. The fourth-order valence-electron chi connectivity index (χ4n) is 20.1. The Morgan fingerprint density at radius 2 is 1.39 bits per heavy atom. The minimum atomic E-state index is -2.47. The zero-order valence-corrected chi connectivity index (χ0v) is 80.6. The maximum atomic E-state index is 14.8. The van der Waals surface area contributed by atoms with Crippen LogP contribution in [-0.2, 0) is 105 Å². The van der Waals surface area contributed by atoms with Crippen LogP contribution in [0.25, 0.3) is 33.4 Å². The van der Waals surface area contributed by atoms with Gasteiger partial charge < -0.3 is 113 Å². The molecule has 4 saturated heterocycles.